The zero-order chi connectivity index (χ0) is 18.4. The highest BCUT2D eigenvalue weighted by atomic mass is 32.2. The van der Waals surface area contributed by atoms with Gasteiger partial charge in [-0.15, -0.1) is 5.10 Å². The second-order valence-corrected chi connectivity index (χ2v) is 7.51. The van der Waals surface area contributed by atoms with Crippen LogP contribution in [0, 0.1) is 0 Å². The number of hydrogen-bond donors (Lipinski definition) is 1. The van der Waals surface area contributed by atoms with Gasteiger partial charge in [0.1, 0.15) is 19.5 Å². The van der Waals surface area contributed by atoms with Crippen molar-refractivity contribution < 1.29 is 27.1 Å². The molecule has 1 N–H and O–H groups in total. The van der Waals surface area contributed by atoms with E-state index in [-0.39, 0.29) is 35.4 Å². The van der Waals surface area contributed by atoms with Gasteiger partial charge in [-0.25, -0.2) is 8.42 Å². The van der Waals surface area contributed by atoms with Gasteiger partial charge in [0.05, 0.1) is 10.6 Å². The number of nitrogens with zero attached hydrogens (tertiary/aromatic N) is 2. The van der Waals surface area contributed by atoms with E-state index in [9.17, 15) is 13.2 Å². The molecule has 0 saturated heterocycles. The Hall–Kier alpha value is -2.88. The first-order valence-corrected chi connectivity index (χ1v) is 9.56. The smallest absolute Gasteiger partial charge is 0.322 e. The molecule has 0 unspecified atom stereocenters. The van der Waals surface area contributed by atoms with Gasteiger partial charge in [-0.05, 0) is 18.6 Å². The molecule has 1 aromatic heterocycles. The standard InChI is InChI=1S/C16H17N3O6S/c20-14(7-4-10-26(21,22)12-5-2-1-3-6-12)17-16-19-18-15(25-16)13-11-23-8-9-24-13/h1-3,5-6,11H,4,7-10H2,(H,17,19,20). The van der Waals surface area contributed by atoms with E-state index in [1.165, 1.54) is 18.4 Å². The maximum absolute atomic E-state index is 12.1. The minimum absolute atomic E-state index is 0.00604. The van der Waals surface area contributed by atoms with Crippen molar-refractivity contribution in [2.45, 2.75) is 17.7 Å². The molecule has 1 aliphatic rings. The predicted octanol–water partition coefficient (Wildman–Crippen LogP) is 1.61. The molecule has 1 aromatic carbocycles. The fourth-order valence-corrected chi connectivity index (χ4v) is 3.54. The van der Waals surface area contributed by atoms with E-state index in [0.29, 0.717) is 19.0 Å². The first-order chi connectivity index (χ1) is 12.5. The van der Waals surface area contributed by atoms with Crippen LogP contribution in [-0.4, -0.2) is 43.5 Å². The maximum Gasteiger partial charge on any atom is 0.322 e. The van der Waals surface area contributed by atoms with Crippen molar-refractivity contribution in [3.8, 4) is 0 Å². The van der Waals surface area contributed by atoms with E-state index in [4.69, 9.17) is 13.9 Å². The third-order valence-electron chi connectivity index (χ3n) is 3.45. The highest BCUT2D eigenvalue weighted by Crippen LogP contribution is 2.19. The van der Waals surface area contributed by atoms with Crippen molar-refractivity contribution in [1.82, 2.24) is 10.2 Å². The average molecular weight is 379 g/mol. The van der Waals surface area contributed by atoms with Crippen LogP contribution >= 0.6 is 0 Å². The van der Waals surface area contributed by atoms with Crippen LogP contribution in [0.5, 0.6) is 0 Å². The van der Waals surface area contributed by atoms with Gasteiger partial charge in [-0.1, -0.05) is 23.3 Å². The molecule has 3 rings (SSSR count). The van der Waals surface area contributed by atoms with Crippen molar-refractivity contribution in [3.05, 3.63) is 42.5 Å². The molecule has 0 spiro atoms. The first kappa shape index (κ1) is 17.9. The largest absolute Gasteiger partial charge is 0.494 e. The average Bonchev–Trinajstić information content (AvgIpc) is 3.11. The summed E-state index contributed by atoms with van der Waals surface area (Å²) in [4.78, 5) is 12.2. The number of hydrogen-bond acceptors (Lipinski definition) is 8. The summed E-state index contributed by atoms with van der Waals surface area (Å²) in [5.74, 6) is -0.166. The van der Waals surface area contributed by atoms with Crippen LogP contribution in [-0.2, 0) is 24.1 Å². The molecule has 1 aliphatic heterocycles. The lowest BCUT2D eigenvalue weighted by atomic mass is 10.3. The summed E-state index contributed by atoms with van der Waals surface area (Å²) in [6, 6.07) is 8.02. The number of sulfone groups is 1. The van der Waals surface area contributed by atoms with Crippen molar-refractivity contribution in [2.75, 3.05) is 24.3 Å². The lowest BCUT2D eigenvalue weighted by Gasteiger charge is -2.11. The van der Waals surface area contributed by atoms with Gasteiger partial charge < -0.3 is 13.9 Å². The van der Waals surface area contributed by atoms with Gasteiger partial charge in [0.15, 0.2) is 9.84 Å². The Bertz CT molecular complexity index is 892. The van der Waals surface area contributed by atoms with Crippen LogP contribution in [0.3, 0.4) is 0 Å². The summed E-state index contributed by atoms with van der Waals surface area (Å²) in [5, 5.41) is 9.87. The van der Waals surface area contributed by atoms with Crippen molar-refractivity contribution in [3.63, 3.8) is 0 Å². The summed E-state index contributed by atoms with van der Waals surface area (Å²) in [6.45, 7) is 0.804. The van der Waals surface area contributed by atoms with Crippen LogP contribution in [0.25, 0.3) is 5.76 Å². The second-order valence-electron chi connectivity index (χ2n) is 5.40. The molecule has 9 nitrogen and oxygen atoms in total. The van der Waals surface area contributed by atoms with E-state index < -0.39 is 15.7 Å². The lowest BCUT2D eigenvalue weighted by molar-refractivity contribution is -0.116. The van der Waals surface area contributed by atoms with Gasteiger partial charge in [0.2, 0.25) is 11.7 Å². The van der Waals surface area contributed by atoms with Gasteiger partial charge in [-0.3, -0.25) is 10.1 Å². The van der Waals surface area contributed by atoms with E-state index in [2.05, 4.69) is 15.5 Å². The highest BCUT2D eigenvalue weighted by molar-refractivity contribution is 7.91. The third kappa shape index (κ3) is 4.60. The van der Waals surface area contributed by atoms with E-state index in [1.54, 1.807) is 18.2 Å². The fourth-order valence-electron chi connectivity index (χ4n) is 2.20. The number of ether oxygens (including phenoxy) is 2. The Morgan fingerprint density at radius 2 is 1.96 bits per heavy atom. The molecule has 26 heavy (non-hydrogen) atoms. The maximum atomic E-state index is 12.1. The SMILES string of the molecule is O=C(CCCS(=O)(=O)c1ccccc1)Nc1nnc(C2=COCCO2)o1. The zero-order valence-corrected chi connectivity index (χ0v) is 14.6. The molecule has 10 heteroatoms. The van der Waals surface area contributed by atoms with Crippen LogP contribution in [0.1, 0.15) is 18.7 Å². The van der Waals surface area contributed by atoms with Crippen molar-refractivity contribution >= 4 is 27.5 Å². The Morgan fingerprint density at radius 3 is 2.69 bits per heavy atom. The quantitative estimate of drug-likeness (QED) is 0.770. The van der Waals surface area contributed by atoms with Gasteiger partial charge in [0, 0.05) is 6.42 Å². The lowest BCUT2D eigenvalue weighted by Crippen LogP contribution is -2.14. The number of rotatable bonds is 7. The number of carbonyl (C=O) groups is 1. The van der Waals surface area contributed by atoms with Crippen molar-refractivity contribution in [2.24, 2.45) is 0 Å². The van der Waals surface area contributed by atoms with E-state index in [1.807, 2.05) is 0 Å². The summed E-state index contributed by atoms with van der Waals surface area (Å²) < 4.78 is 39.9. The third-order valence-corrected chi connectivity index (χ3v) is 5.27. The molecule has 0 saturated carbocycles. The summed E-state index contributed by atoms with van der Waals surface area (Å²) >= 11 is 0. The van der Waals surface area contributed by atoms with E-state index >= 15 is 0 Å². The molecule has 138 valence electrons. The van der Waals surface area contributed by atoms with E-state index in [0.717, 1.165) is 0 Å². The predicted molar refractivity (Wildman–Crippen MR) is 90.5 cm³/mol. The van der Waals surface area contributed by atoms with Gasteiger partial charge in [0.25, 0.3) is 5.89 Å². The number of benzene rings is 1. The molecular weight excluding hydrogens is 362 g/mol. The molecule has 0 bridgehead atoms. The van der Waals surface area contributed by atoms with Crippen LogP contribution < -0.4 is 5.32 Å². The van der Waals surface area contributed by atoms with Crippen LogP contribution in [0.2, 0.25) is 0 Å². The Morgan fingerprint density at radius 1 is 1.15 bits per heavy atom. The van der Waals surface area contributed by atoms with Crippen LogP contribution in [0.4, 0.5) is 6.01 Å². The summed E-state index contributed by atoms with van der Waals surface area (Å²) in [7, 11) is -3.41. The number of nitrogens with one attached hydrogen (secondary N) is 1. The normalized spacial score (nSPS) is 14.1. The summed E-state index contributed by atoms with van der Waals surface area (Å²) in [6.07, 6.45) is 1.54. The zero-order valence-electron chi connectivity index (χ0n) is 13.8. The Balaban J connectivity index is 1.49. The number of aromatic nitrogens is 2. The first-order valence-electron chi connectivity index (χ1n) is 7.91. The number of anilines is 1. The summed E-state index contributed by atoms with van der Waals surface area (Å²) in [5.41, 5.74) is 0. The Kier molecular flexibility index (Phi) is 5.52. The molecule has 0 atom stereocenters. The monoisotopic (exact) mass is 379 g/mol. The molecular formula is C16H17N3O6S. The number of amides is 1. The molecule has 0 fully saturated rings. The fraction of sp³-hybridized carbons (Fsp3) is 0.312. The minimum atomic E-state index is -3.41. The topological polar surface area (TPSA) is 121 Å². The molecule has 1 amide bonds. The molecule has 0 radical (unpaired) electrons. The number of carbonyl (C=O) groups excluding carboxylic acids is 1. The minimum Gasteiger partial charge on any atom is -0.494 e. The molecule has 0 aliphatic carbocycles. The second kappa shape index (κ2) is 8.00. The Labute approximate surface area is 149 Å². The highest BCUT2D eigenvalue weighted by Gasteiger charge is 2.18. The van der Waals surface area contributed by atoms with Gasteiger partial charge in [-0.2, -0.15) is 0 Å². The van der Waals surface area contributed by atoms with Crippen molar-refractivity contribution in [1.29, 1.82) is 0 Å². The van der Waals surface area contributed by atoms with Crippen LogP contribution in [0.15, 0.2) is 45.9 Å². The molecule has 2 heterocycles. The van der Waals surface area contributed by atoms with Gasteiger partial charge >= 0.3 is 6.01 Å². The molecule has 2 aromatic rings.